The fourth-order valence-corrected chi connectivity index (χ4v) is 8.10. The molecule has 0 saturated heterocycles. The minimum Gasteiger partial charge on any atom is -0.455 e. The van der Waals surface area contributed by atoms with Crippen LogP contribution in [0.25, 0.3) is 89.5 Å². The maximum atomic E-state index is 6.52. The van der Waals surface area contributed by atoms with Gasteiger partial charge in [0.2, 0.25) is 0 Å². The molecule has 246 valence electrons. The van der Waals surface area contributed by atoms with E-state index < -0.39 is 0 Å². The lowest BCUT2D eigenvalue weighted by molar-refractivity contribution is 0.661. The quantitative estimate of drug-likeness (QED) is 0.183. The van der Waals surface area contributed by atoms with E-state index in [1.807, 2.05) is 24.3 Å². The van der Waals surface area contributed by atoms with Crippen molar-refractivity contribution in [3.63, 3.8) is 0 Å². The van der Waals surface area contributed by atoms with Gasteiger partial charge in [0, 0.05) is 27.3 Å². The average Bonchev–Trinajstić information content (AvgIpc) is 3.70. The van der Waals surface area contributed by atoms with Crippen LogP contribution in [0, 0.1) is 0 Å². The molecule has 2 aromatic heterocycles. The van der Waals surface area contributed by atoms with Crippen LogP contribution in [0.2, 0.25) is 0 Å². The standard InChI is InChI=1S/C48H33N3O/c1-48(2)41-24-10-8-17-34(41)36-20-12-22-39(43(36)48)46-49-45(50-47(51-46)40-23-13-21-37-35-18-9-11-25-42(35)52-44(37)40)38-19-7-6-16-33(38)32-28-26-31(27-29-32)30-14-4-3-5-15-30/h3-29H,1-2H3. The number of furan rings is 1. The van der Waals surface area contributed by atoms with Crippen LogP contribution in [0.5, 0.6) is 0 Å². The highest BCUT2D eigenvalue weighted by atomic mass is 16.3. The van der Waals surface area contributed by atoms with Crippen molar-refractivity contribution in [2.24, 2.45) is 0 Å². The highest BCUT2D eigenvalue weighted by Gasteiger charge is 2.38. The number of aromatic nitrogens is 3. The van der Waals surface area contributed by atoms with Crippen LogP contribution in [0.15, 0.2) is 168 Å². The topological polar surface area (TPSA) is 51.8 Å². The van der Waals surface area contributed by atoms with Crippen LogP contribution in [0.3, 0.4) is 0 Å². The summed E-state index contributed by atoms with van der Waals surface area (Å²) in [6.45, 7) is 4.60. The zero-order chi connectivity index (χ0) is 34.8. The molecule has 2 heterocycles. The van der Waals surface area contributed by atoms with Crippen molar-refractivity contribution < 1.29 is 4.42 Å². The largest absolute Gasteiger partial charge is 0.455 e. The molecule has 4 nitrogen and oxygen atoms in total. The molecule has 0 atom stereocenters. The molecule has 1 aliphatic rings. The first-order valence-electron chi connectivity index (χ1n) is 17.7. The van der Waals surface area contributed by atoms with E-state index in [2.05, 4.69) is 153 Å². The predicted octanol–water partition coefficient (Wildman–Crippen LogP) is 12.4. The molecular weight excluding hydrogens is 635 g/mol. The van der Waals surface area contributed by atoms with Gasteiger partial charge >= 0.3 is 0 Å². The first kappa shape index (κ1) is 30.2. The van der Waals surface area contributed by atoms with Gasteiger partial charge < -0.3 is 4.42 Å². The van der Waals surface area contributed by atoms with Crippen LogP contribution >= 0.6 is 0 Å². The summed E-state index contributed by atoms with van der Waals surface area (Å²) in [6.07, 6.45) is 0. The molecule has 4 heteroatoms. The van der Waals surface area contributed by atoms with Crippen molar-refractivity contribution in [3.8, 4) is 67.5 Å². The monoisotopic (exact) mass is 667 g/mol. The normalized spacial score (nSPS) is 13.0. The molecule has 0 fully saturated rings. The molecule has 7 aromatic carbocycles. The number of para-hydroxylation sites is 2. The molecular formula is C48H33N3O. The smallest absolute Gasteiger partial charge is 0.167 e. The first-order valence-corrected chi connectivity index (χ1v) is 17.7. The van der Waals surface area contributed by atoms with Gasteiger partial charge in [0.05, 0.1) is 5.56 Å². The minimum atomic E-state index is -0.243. The van der Waals surface area contributed by atoms with E-state index in [-0.39, 0.29) is 5.41 Å². The van der Waals surface area contributed by atoms with Gasteiger partial charge in [-0.3, -0.25) is 0 Å². The summed E-state index contributed by atoms with van der Waals surface area (Å²) in [7, 11) is 0. The summed E-state index contributed by atoms with van der Waals surface area (Å²) < 4.78 is 6.52. The molecule has 1 aliphatic carbocycles. The van der Waals surface area contributed by atoms with Gasteiger partial charge in [-0.2, -0.15) is 0 Å². The van der Waals surface area contributed by atoms with Crippen molar-refractivity contribution >= 4 is 21.9 Å². The Kier molecular flexibility index (Phi) is 6.80. The molecule has 10 rings (SSSR count). The number of fused-ring (bicyclic) bond motifs is 6. The van der Waals surface area contributed by atoms with Gasteiger partial charge in [0.1, 0.15) is 11.2 Å². The lowest BCUT2D eigenvalue weighted by Gasteiger charge is -2.24. The number of nitrogens with zero attached hydrogens (tertiary/aromatic N) is 3. The second-order valence-electron chi connectivity index (χ2n) is 14.0. The number of benzene rings is 7. The molecule has 9 aromatic rings. The molecule has 0 N–H and O–H groups in total. The number of rotatable bonds is 5. The van der Waals surface area contributed by atoms with Gasteiger partial charge in [0.25, 0.3) is 0 Å². The van der Waals surface area contributed by atoms with E-state index in [0.29, 0.717) is 17.5 Å². The van der Waals surface area contributed by atoms with E-state index in [1.54, 1.807) is 0 Å². The molecule has 0 spiro atoms. The van der Waals surface area contributed by atoms with E-state index in [4.69, 9.17) is 19.4 Å². The third-order valence-corrected chi connectivity index (χ3v) is 10.6. The zero-order valence-electron chi connectivity index (χ0n) is 28.8. The average molecular weight is 668 g/mol. The van der Waals surface area contributed by atoms with Crippen molar-refractivity contribution in [3.05, 3.63) is 175 Å². The molecule has 0 radical (unpaired) electrons. The van der Waals surface area contributed by atoms with Crippen LogP contribution in [0.4, 0.5) is 0 Å². The van der Waals surface area contributed by atoms with Gasteiger partial charge in [-0.05, 0) is 56.6 Å². The minimum absolute atomic E-state index is 0.243. The zero-order valence-corrected chi connectivity index (χ0v) is 28.8. The molecule has 0 aliphatic heterocycles. The Bertz CT molecular complexity index is 2810. The van der Waals surface area contributed by atoms with E-state index >= 15 is 0 Å². The Morgan fingerprint density at radius 1 is 0.385 bits per heavy atom. The Hall–Kier alpha value is -6.65. The molecule has 0 bridgehead atoms. The first-order chi connectivity index (χ1) is 25.5. The van der Waals surface area contributed by atoms with Crippen molar-refractivity contribution in [1.82, 2.24) is 15.0 Å². The van der Waals surface area contributed by atoms with Gasteiger partial charge in [-0.1, -0.05) is 166 Å². The molecule has 52 heavy (non-hydrogen) atoms. The van der Waals surface area contributed by atoms with Crippen LogP contribution in [-0.4, -0.2) is 15.0 Å². The number of hydrogen-bond acceptors (Lipinski definition) is 4. The summed E-state index contributed by atoms with van der Waals surface area (Å²) in [5.41, 5.74) is 13.7. The van der Waals surface area contributed by atoms with Crippen LogP contribution in [0.1, 0.15) is 25.0 Å². The second-order valence-corrected chi connectivity index (χ2v) is 14.0. The highest BCUT2D eigenvalue weighted by molar-refractivity contribution is 6.09. The fraction of sp³-hybridized carbons (Fsp3) is 0.0625. The van der Waals surface area contributed by atoms with Gasteiger partial charge in [-0.25, -0.2) is 15.0 Å². The van der Waals surface area contributed by atoms with Gasteiger partial charge in [-0.15, -0.1) is 0 Å². The van der Waals surface area contributed by atoms with E-state index in [0.717, 1.165) is 49.8 Å². The third kappa shape index (κ3) is 4.72. The SMILES string of the molecule is CC1(C)c2ccccc2-c2cccc(-c3nc(-c4ccccc4-c4ccc(-c5ccccc5)cc4)nc(-c4cccc5c4oc4ccccc45)n3)c21. The van der Waals surface area contributed by atoms with E-state index in [9.17, 15) is 0 Å². The molecule has 0 amide bonds. The van der Waals surface area contributed by atoms with Gasteiger partial charge in [0.15, 0.2) is 17.5 Å². The maximum Gasteiger partial charge on any atom is 0.167 e. The summed E-state index contributed by atoms with van der Waals surface area (Å²) >= 11 is 0. The summed E-state index contributed by atoms with van der Waals surface area (Å²) in [5.74, 6) is 1.83. The van der Waals surface area contributed by atoms with Crippen LogP contribution in [-0.2, 0) is 5.41 Å². The van der Waals surface area contributed by atoms with Crippen molar-refractivity contribution in [2.75, 3.05) is 0 Å². The lowest BCUT2D eigenvalue weighted by Crippen LogP contribution is -2.17. The van der Waals surface area contributed by atoms with Crippen molar-refractivity contribution in [1.29, 1.82) is 0 Å². The maximum absolute atomic E-state index is 6.52. The second kappa shape index (κ2) is 11.7. The Labute approximate surface area is 302 Å². The lowest BCUT2D eigenvalue weighted by atomic mass is 9.80. The van der Waals surface area contributed by atoms with E-state index in [1.165, 1.54) is 33.4 Å². The summed E-state index contributed by atoms with van der Waals surface area (Å²) in [6, 6.07) is 57.2. The fourth-order valence-electron chi connectivity index (χ4n) is 8.10. The van der Waals surface area contributed by atoms with Crippen molar-refractivity contribution in [2.45, 2.75) is 19.3 Å². The third-order valence-electron chi connectivity index (χ3n) is 10.6. The van der Waals surface area contributed by atoms with Crippen LogP contribution < -0.4 is 0 Å². The molecule has 0 saturated carbocycles. The predicted molar refractivity (Wildman–Crippen MR) is 212 cm³/mol. The Morgan fingerprint density at radius 3 is 1.71 bits per heavy atom. The Morgan fingerprint density at radius 2 is 0.904 bits per heavy atom. The molecule has 0 unspecified atom stereocenters. The highest BCUT2D eigenvalue weighted by Crippen LogP contribution is 2.52. The number of hydrogen-bond donors (Lipinski definition) is 0. The Balaban J connectivity index is 1.20. The summed E-state index contributed by atoms with van der Waals surface area (Å²) in [5, 5.41) is 2.10. The summed E-state index contributed by atoms with van der Waals surface area (Å²) in [4.78, 5) is 15.9.